The van der Waals surface area contributed by atoms with Gasteiger partial charge < -0.3 is 16.2 Å². The largest absolute Gasteiger partial charge is 0.481 e. The molecule has 1 rings (SSSR count). The third kappa shape index (κ3) is 11.9. The molecule has 0 heterocycles. The predicted molar refractivity (Wildman–Crippen MR) is 112 cm³/mol. The zero-order valence-corrected chi connectivity index (χ0v) is 17.3. The fourth-order valence-corrected chi connectivity index (χ4v) is 4.48. The van der Waals surface area contributed by atoms with Crippen molar-refractivity contribution in [1.29, 1.82) is 0 Å². The van der Waals surface area contributed by atoms with E-state index in [0.29, 0.717) is 12.0 Å². The van der Waals surface area contributed by atoms with Crippen LogP contribution in [0.15, 0.2) is 24.3 Å². The van der Waals surface area contributed by atoms with Gasteiger partial charge in [0.1, 0.15) is 5.82 Å². The smallest absolute Gasteiger partial charge is 0.303 e. The molecular formula is C19H27FN2O4S2. The Balaban J connectivity index is 2.25. The van der Waals surface area contributed by atoms with Crippen molar-refractivity contribution in [2.75, 3.05) is 17.3 Å². The summed E-state index contributed by atoms with van der Waals surface area (Å²) in [5.74, 6) is -0.428. The normalized spacial score (nSPS) is 11.8. The number of rotatable bonds is 15. The van der Waals surface area contributed by atoms with Crippen molar-refractivity contribution < 1.29 is 23.9 Å². The van der Waals surface area contributed by atoms with Crippen LogP contribution in [0.5, 0.6) is 0 Å². The van der Waals surface area contributed by atoms with Crippen LogP contribution in [0.3, 0.4) is 0 Å². The maximum absolute atomic E-state index is 13.5. The third-order valence-electron chi connectivity index (χ3n) is 3.88. The first-order chi connectivity index (χ1) is 13.4. The third-order valence-corrected chi connectivity index (χ3v) is 6.26. The van der Waals surface area contributed by atoms with Crippen LogP contribution in [0.1, 0.15) is 37.7 Å². The first-order valence-corrected chi connectivity index (χ1v) is 11.3. The maximum Gasteiger partial charge on any atom is 0.303 e. The standard InChI is InChI=1S/C19H27FN2O4S2/c20-16-7-3-1-5-14(16)11-22-18(24)13-27-10-9-15(28-12-17(21)23)6-2-4-8-19(25)26/h1,3,5,7,15H,2,4,6,8-13H2,(H2,21,23)(H,22,24)(H,25,26). The summed E-state index contributed by atoms with van der Waals surface area (Å²) in [7, 11) is 0. The van der Waals surface area contributed by atoms with Crippen LogP contribution in [0.25, 0.3) is 0 Å². The average Bonchev–Trinajstić information content (AvgIpc) is 2.64. The lowest BCUT2D eigenvalue weighted by Gasteiger charge is -2.15. The van der Waals surface area contributed by atoms with Gasteiger partial charge in [0, 0.05) is 23.8 Å². The van der Waals surface area contributed by atoms with Crippen molar-refractivity contribution in [3.63, 3.8) is 0 Å². The molecular weight excluding hydrogens is 403 g/mol. The van der Waals surface area contributed by atoms with Crippen molar-refractivity contribution >= 4 is 41.3 Å². The summed E-state index contributed by atoms with van der Waals surface area (Å²) in [6.07, 6.45) is 3.14. The maximum atomic E-state index is 13.5. The monoisotopic (exact) mass is 430 g/mol. The van der Waals surface area contributed by atoms with Crippen LogP contribution < -0.4 is 11.1 Å². The number of carboxylic acid groups (broad SMARTS) is 1. The lowest BCUT2D eigenvalue weighted by molar-refractivity contribution is -0.137. The number of carbonyl (C=O) groups is 3. The summed E-state index contributed by atoms with van der Waals surface area (Å²) in [6.45, 7) is 0.159. The summed E-state index contributed by atoms with van der Waals surface area (Å²) >= 11 is 2.96. The lowest BCUT2D eigenvalue weighted by Crippen LogP contribution is -2.25. The molecule has 28 heavy (non-hydrogen) atoms. The number of benzene rings is 1. The van der Waals surface area contributed by atoms with Gasteiger partial charge in [-0.15, -0.1) is 11.8 Å². The molecule has 1 unspecified atom stereocenters. The predicted octanol–water partition coefficient (Wildman–Crippen LogP) is 2.80. The molecule has 0 bridgehead atoms. The van der Waals surface area contributed by atoms with E-state index in [1.54, 1.807) is 18.2 Å². The molecule has 1 aromatic rings. The Kier molecular flexibility index (Phi) is 12.4. The number of aliphatic carboxylic acids is 1. The zero-order chi connectivity index (χ0) is 20.8. The van der Waals surface area contributed by atoms with Crippen LogP contribution in [-0.2, 0) is 20.9 Å². The first-order valence-electron chi connectivity index (χ1n) is 9.08. The number of nitrogens with two attached hydrogens (primary N) is 1. The lowest BCUT2D eigenvalue weighted by atomic mass is 10.1. The van der Waals surface area contributed by atoms with Crippen LogP contribution in [-0.4, -0.2) is 45.4 Å². The molecule has 0 aliphatic heterocycles. The molecule has 0 fully saturated rings. The number of amides is 2. The number of thioether (sulfide) groups is 2. The Labute approximate surface area is 173 Å². The number of hydrogen-bond acceptors (Lipinski definition) is 5. The van der Waals surface area contributed by atoms with E-state index in [1.807, 2.05) is 0 Å². The number of hydrogen-bond donors (Lipinski definition) is 3. The molecule has 156 valence electrons. The molecule has 0 aliphatic carbocycles. The highest BCUT2D eigenvalue weighted by Gasteiger charge is 2.12. The fourth-order valence-electron chi connectivity index (χ4n) is 2.43. The Morgan fingerprint density at radius 1 is 1.14 bits per heavy atom. The SMILES string of the molecule is NC(=O)CSC(CCCCC(=O)O)CCSCC(=O)NCc1ccccc1F. The van der Waals surface area contributed by atoms with Gasteiger partial charge in [-0.2, -0.15) is 11.8 Å². The Hall–Kier alpha value is -1.74. The number of halogens is 1. The van der Waals surface area contributed by atoms with E-state index in [4.69, 9.17) is 10.8 Å². The van der Waals surface area contributed by atoms with E-state index >= 15 is 0 Å². The highest BCUT2D eigenvalue weighted by Crippen LogP contribution is 2.23. The summed E-state index contributed by atoms with van der Waals surface area (Å²) in [5.41, 5.74) is 5.65. The Morgan fingerprint density at radius 2 is 1.89 bits per heavy atom. The minimum atomic E-state index is -0.807. The van der Waals surface area contributed by atoms with Crippen molar-refractivity contribution in [2.45, 2.75) is 43.9 Å². The van der Waals surface area contributed by atoms with Gasteiger partial charge in [0.25, 0.3) is 0 Å². The second-order valence-electron chi connectivity index (χ2n) is 6.25. The number of unbranched alkanes of at least 4 members (excludes halogenated alkanes) is 1. The molecule has 9 heteroatoms. The van der Waals surface area contributed by atoms with Gasteiger partial charge in [0.05, 0.1) is 11.5 Å². The molecule has 0 spiro atoms. The molecule has 1 aromatic carbocycles. The molecule has 2 amide bonds. The molecule has 4 N–H and O–H groups in total. The summed E-state index contributed by atoms with van der Waals surface area (Å²) in [6, 6.07) is 6.31. The van der Waals surface area contributed by atoms with Crippen molar-refractivity contribution in [3.05, 3.63) is 35.6 Å². The molecule has 0 saturated carbocycles. The minimum absolute atomic E-state index is 0.143. The first kappa shape index (κ1) is 24.3. The number of carboxylic acids is 1. The van der Waals surface area contributed by atoms with E-state index in [9.17, 15) is 18.8 Å². The molecule has 0 aromatic heterocycles. The Morgan fingerprint density at radius 3 is 2.57 bits per heavy atom. The van der Waals surface area contributed by atoms with Gasteiger partial charge in [0.15, 0.2) is 0 Å². The average molecular weight is 431 g/mol. The zero-order valence-electron chi connectivity index (χ0n) is 15.7. The summed E-state index contributed by atoms with van der Waals surface area (Å²) in [4.78, 5) is 33.4. The van der Waals surface area contributed by atoms with E-state index < -0.39 is 5.97 Å². The van der Waals surface area contributed by atoms with E-state index in [-0.39, 0.29) is 47.4 Å². The highest BCUT2D eigenvalue weighted by molar-refractivity contribution is 8.01. The number of carbonyl (C=O) groups excluding carboxylic acids is 2. The fraction of sp³-hybridized carbons (Fsp3) is 0.526. The van der Waals surface area contributed by atoms with Gasteiger partial charge in [-0.25, -0.2) is 4.39 Å². The number of primary amides is 1. The van der Waals surface area contributed by atoms with Crippen molar-refractivity contribution in [1.82, 2.24) is 5.32 Å². The van der Waals surface area contributed by atoms with Crippen molar-refractivity contribution in [2.24, 2.45) is 5.73 Å². The second-order valence-corrected chi connectivity index (χ2v) is 8.64. The molecule has 1 atom stereocenters. The van der Waals surface area contributed by atoms with Crippen LogP contribution in [0.2, 0.25) is 0 Å². The number of nitrogens with one attached hydrogen (secondary N) is 1. The molecule has 0 aliphatic rings. The molecule has 0 saturated heterocycles. The summed E-state index contributed by atoms with van der Waals surface area (Å²) in [5, 5.41) is 11.6. The van der Waals surface area contributed by atoms with Gasteiger partial charge in [0.2, 0.25) is 11.8 Å². The van der Waals surface area contributed by atoms with Crippen LogP contribution >= 0.6 is 23.5 Å². The van der Waals surface area contributed by atoms with Gasteiger partial charge in [-0.05, 0) is 31.1 Å². The van der Waals surface area contributed by atoms with Crippen LogP contribution in [0, 0.1) is 5.82 Å². The quantitative estimate of drug-likeness (QED) is 0.369. The van der Waals surface area contributed by atoms with E-state index in [2.05, 4.69) is 5.32 Å². The Bertz CT molecular complexity index is 646. The molecule has 6 nitrogen and oxygen atoms in total. The van der Waals surface area contributed by atoms with Gasteiger partial charge in [-0.1, -0.05) is 24.6 Å². The van der Waals surface area contributed by atoms with E-state index in [0.717, 1.165) is 25.0 Å². The summed E-state index contributed by atoms with van der Waals surface area (Å²) < 4.78 is 13.5. The van der Waals surface area contributed by atoms with Gasteiger partial charge >= 0.3 is 5.97 Å². The highest BCUT2D eigenvalue weighted by atomic mass is 32.2. The van der Waals surface area contributed by atoms with Gasteiger partial charge in [-0.3, -0.25) is 14.4 Å². The topological polar surface area (TPSA) is 109 Å². The molecule has 0 radical (unpaired) electrons. The van der Waals surface area contributed by atoms with Crippen LogP contribution in [0.4, 0.5) is 4.39 Å². The second kappa shape index (κ2) is 14.3. The van der Waals surface area contributed by atoms with E-state index in [1.165, 1.54) is 29.6 Å². The minimum Gasteiger partial charge on any atom is -0.481 e. The van der Waals surface area contributed by atoms with Crippen molar-refractivity contribution in [3.8, 4) is 0 Å².